The van der Waals surface area contributed by atoms with Crippen LogP contribution in [0.1, 0.15) is 24.8 Å². The third-order valence-corrected chi connectivity index (χ3v) is 5.52. The van der Waals surface area contributed by atoms with Crippen LogP contribution in [0.15, 0.2) is 47.7 Å². The van der Waals surface area contributed by atoms with Gasteiger partial charge in [-0.25, -0.2) is 4.39 Å². The molecular formula is C20H28FIN2O2. The predicted octanol–water partition coefficient (Wildman–Crippen LogP) is 3.46. The van der Waals surface area contributed by atoms with Crippen LogP contribution in [0.5, 0.6) is 0 Å². The van der Waals surface area contributed by atoms with Crippen molar-refractivity contribution in [3.05, 3.63) is 59.1 Å². The van der Waals surface area contributed by atoms with Crippen molar-refractivity contribution in [2.45, 2.75) is 24.9 Å². The molecule has 0 radical (unpaired) electrons. The normalized spacial score (nSPS) is 19.8. The zero-order chi connectivity index (χ0) is 19.3. The third kappa shape index (κ3) is 5.06. The van der Waals surface area contributed by atoms with Crippen LogP contribution < -0.4 is 0 Å². The van der Waals surface area contributed by atoms with Gasteiger partial charge in [-0.3, -0.25) is 0 Å². The van der Waals surface area contributed by atoms with Gasteiger partial charge in [0, 0.05) is 18.7 Å². The molecule has 2 rings (SSSR count). The second kappa shape index (κ2) is 9.30. The zero-order valence-corrected chi connectivity index (χ0v) is 17.8. The first-order valence-electron chi connectivity index (χ1n) is 8.82. The summed E-state index contributed by atoms with van der Waals surface area (Å²) >= 11 is 2.19. The summed E-state index contributed by atoms with van der Waals surface area (Å²) in [5.41, 5.74) is 1.37. The topological polar surface area (TPSA) is 46.9 Å². The molecule has 0 fully saturated rings. The van der Waals surface area contributed by atoms with Gasteiger partial charge in [-0.1, -0.05) is 18.2 Å². The van der Waals surface area contributed by atoms with Gasteiger partial charge < -0.3 is 18.2 Å². The molecule has 1 aliphatic carbocycles. The van der Waals surface area contributed by atoms with Gasteiger partial charge in [0.25, 0.3) is 0 Å². The first kappa shape index (κ1) is 21.3. The maximum atomic E-state index is 13.4. The summed E-state index contributed by atoms with van der Waals surface area (Å²) < 4.78 is 15.4. The maximum Gasteiger partial charge on any atom is 0.123 e. The summed E-state index contributed by atoms with van der Waals surface area (Å²) in [6.07, 6.45) is 6.00. The van der Waals surface area contributed by atoms with E-state index in [2.05, 4.69) is 33.8 Å². The molecule has 144 valence electrons. The first-order valence-corrected chi connectivity index (χ1v) is 9.78. The first-order chi connectivity index (χ1) is 12.3. The molecule has 0 bridgehead atoms. The van der Waals surface area contributed by atoms with Crippen molar-refractivity contribution in [3.63, 3.8) is 0 Å². The van der Waals surface area contributed by atoms with Crippen molar-refractivity contribution in [2.75, 3.05) is 34.3 Å². The van der Waals surface area contributed by atoms with E-state index in [4.69, 9.17) is 0 Å². The summed E-state index contributed by atoms with van der Waals surface area (Å²) in [5.74, 6) is -0.556. The van der Waals surface area contributed by atoms with Crippen molar-refractivity contribution >= 4 is 22.9 Å². The Morgan fingerprint density at radius 2 is 1.88 bits per heavy atom. The average Bonchev–Trinajstić information content (AvgIpc) is 2.61. The number of benzene rings is 1. The summed E-state index contributed by atoms with van der Waals surface area (Å²) in [5, 5.41) is 21.6. The molecule has 2 atom stereocenters. The monoisotopic (exact) mass is 474 g/mol. The van der Waals surface area contributed by atoms with E-state index in [1.165, 1.54) is 12.1 Å². The molecule has 1 aliphatic rings. The van der Waals surface area contributed by atoms with Crippen LogP contribution >= 0.6 is 22.9 Å². The molecular weight excluding hydrogens is 446 g/mol. The van der Waals surface area contributed by atoms with Gasteiger partial charge in [0.15, 0.2) is 0 Å². The SMILES string of the molecule is CN(C)CCCC(O)(c1ccc(F)cc1)C1CC=C(N(C)I)C=C1CO. The minimum absolute atomic E-state index is 0.107. The molecule has 26 heavy (non-hydrogen) atoms. The van der Waals surface area contributed by atoms with Crippen molar-refractivity contribution < 1.29 is 14.6 Å². The Morgan fingerprint density at radius 1 is 1.23 bits per heavy atom. The number of rotatable bonds is 8. The molecule has 0 amide bonds. The number of nitrogens with zero attached hydrogens (tertiary/aromatic N) is 2. The molecule has 2 N–H and O–H groups in total. The Labute approximate surface area is 169 Å². The fourth-order valence-electron chi connectivity index (χ4n) is 3.53. The standard InChI is InChI=1S/C20H28FIN2O2/c1-23(2)12-4-11-20(26,16-5-7-17(21)8-6-16)19-10-9-18(24(3)22)13-15(19)14-25/h5-9,13,19,25-26H,4,10-12,14H2,1-3H3. The van der Waals surface area contributed by atoms with E-state index in [0.29, 0.717) is 18.4 Å². The highest BCUT2D eigenvalue weighted by Gasteiger charge is 2.40. The van der Waals surface area contributed by atoms with Crippen LogP contribution in [0.2, 0.25) is 0 Å². The predicted molar refractivity (Wildman–Crippen MR) is 111 cm³/mol. The number of aliphatic hydroxyl groups is 2. The number of halogens is 2. The fraction of sp³-hybridized carbons (Fsp3) is 0.500. The lowest BCUT2D eigenvalue weighted by atomic mass is 9.71. The van der Waals surface area contributed by atoms with Crippen LogP contribution in [-0.2, 0) is 5.60 Å². The lowest BCUT2D eigenvalue weighted by Gasteiger charge is -2.40. The minimum Gasteiger partial charge on any atom is -0.392 e. The lowest BCUT2D eigenvalue weighted by molar-refractivity contribution is -0.0242. The second-order valence-electron chi connectivity index (χ2n) is 7.11. The third-order valence-electron chi connectivity index (χ3n) is 4.97. The minimum atomic E-state index is -1.15. The number of allylic oxidation sites excluding steroid dienone is 2. The Bertz CT molecular complexity index is 658. The molecule has 1 aromatic carbocycles. The highest BCUT2D eigenvalue weighted by Crippen LogP contribution is 2.43. The fourth-order valence-corrected chi connectivity index (χ4v) is 3.87. The molecule has 0 saturated heterocycles. The number of hydrogen-bond acceptors (Lipinski definition) is 4. The number of aliphatic hydroxyl groups excluding tert-OH is 1. The lowest BCUT2D eigenvalue weighted by Crippen LogP contribution is -2.39. The van der Waals surface area contributed by atoms with Crippen LogP contribution in [0, 0.1) is 11.7 Å². The maximum absolute atomic E-state index is 13.4. The summed E-state index contributed by atoms with van der Waals surface area (Å²) in [4.78, 5) is 2.08. The second-order valence-corrected chi connectivity index (χ2v) is 8.56. The molecule has 6 heteroatoms. The van der Waals surface area contributed by atoms with Crippen molar-refractivity contribution in [3.8, 4) is 0 Å². The van der Waals surface area contributed by atoms with E-state index in [1.807, 2.05) is 30.3 Å². The van der Waals surface area contributed by atoms with Gasteiger partial charge in [-0.2, -0.15) is 0 Å². The zero-order valence-electron chi connectivity index (χ0n) is 15.6. The van der Waals surface area contributed by atoms with E-state index < -0.39 is 5.60 Å². The van der Waals surface area contributed by atoms with Crippen LogP contribution in [-0.4, -0.2) is 52.5 Å². The van der Waals surface area contributed by atoms with E-state index in [0.717, 1.165) is 24.2 Å². The quantitative estimate of drug-likeness (QED) is 0.448. The van der Waals surface area contributed by atoms with E-state index in [-0.39, 0.29) is 18.3 Å². The molecule has 0 heterocycles. The summed E-state index contributed by atoms with van der Waals surface area (Å²) in [7, 11) is 5.95. The number of likely N-dealkylation sites (N-methyl/N-ethyl adjacent to an activating group) is 1. The smallest absolute Gasteiger partial charge is 0.123 e. The Hall–Kier alpha value is -0.960. The van der Waals surface area contributed by atoms with Gasteiger partial charge in [0.1, 0.15) is 5.82 Å². The molecule has 2 unspecified atom stereocenters. The van der Waals surface area contributed by atoms with Crippen LogP contribution in [0.25, 0.3) is 0 Å². The van der Waals surface area contributed by atoms with Crippen molar-refractivity contribution in [1.29, 1.82) is 0 Å². The van der Waals surface area contributed by atoms with Crippen molar-refractivity contribution in [2.24, 2.45) is 5.92 Å². The van der Waals surface area contributed by atoms with Crippen LogP contribution in [0.4, 0.5) is 4.39 Å². The van der Waals surface area contributed by atoms with Crippen LogP contribution in [0.3, 0.4) is 0 Å². The molecule has 1 aromatic rings. The molecule has 0 spiro atoms. The van der Waals surface area contributed by atoms with Gasteiger partial charge >= 0.3 is 0 Å². The van der Waals surface area contributed by atoms with E-state index in [1.54, 1.807) is 12.1 Å². The molecule has 4 nitrogen and oxygen atoms in total. The largest absolute Gasteiger partial charge is 0.392 e. The van der Waals surface area contributed by atoms with E-state index >= 15 is 0 Å². The Balaban J connectivity index is 2.37. The Kier molecular flexibility index (Phi) is 7.63. The van der Waals surface area contributed by atoms with Gasteiger partial charge in [-0.05, 0) is 69.2 Å². The number of hydrogen-bond donors (Lipinski definition) is 2. The highest BCUT2D eigenvalue weighted by molar-refractivity contribution is 14.1. The van der Waals surface area contributed by atoms with Gasteiger partial charge in [0.2, 0.25) is 0 Å². The van der Waals surface area contributed by atoms with Crippen molar-refractivity contribution in [1.82, 2.24) is 8.01 Å². The van der Waals surface area contributed by atoms with E-state index in [9.17, 15) is 14.6 Å². The average molecular weight is 474 g/mol. The molecule has 0 saturated carbocycles. The molecule has 0 aliphatic heterocycles. The molecule has 0 aromatic heterocycles. The summed E-state index contributed by atoms with van der Waals surface area (Å²) in [6, 6.07) is 6.09. The Morgan fingerprint density at radius 3 is 2.42 bits per heavy atom. The highest BCUT2D eigenvalue weighted by atomic mass is 127. The van der Waals surface area contributed by atoms with Gasteiger partial charge in [-0.15, -0.1) is 0 Å². The summed E-state index contributed by atoms with van der Waals surface area (Å²) in [6.45, 7) is 0.746. The van der Waals surface area contributed by atoms with Gasteiger partial charge in [0.05, 0.1) is 35.1 Å².